The maximum absolute atomic E-state index is 14.3. The van der Waals surface area contributed by atoms with Crippen LogP contribution in [-0.4, -0.2) is 66.7 Å². The van der Waals surface area contributed by atoms with Crippen LogP contribution in [0.15, 0.2) is 29.8 Å². The van der Waals surface area contributed by atoms with E-state index in [1.807, 2.05) is 20.9 Å². The number of rotatable bonds is 17. The molecule has 1 heterocycles. The number of halogens is 1. The molecular formula is C33H52FNO6S. The van der Waals surface area contributed by atoms with Gasteiger partial charge in [-0.3, -0.25) is 4.79 Å². The van der Waals surface area contributed by atoms with E-state index in [1.54, 1.807) is 11.0 Å². The SMILES string of the molecule is CCCCN(C)C(=O)CCCCCS(=O)(=O)CCCCCC1=CCC2(CO)CC1C(c1ccc(O)c(F)c1)OC2(C)C. The zero-order valence-electron chi connectivity index (χ0n) is 26.0. The number of phenols is 1. The lowest BCUT2D eigenvalue weighted by Gasteiger charge is -2.57. The highest BCUT2D eigenvalue weighted by molar-refractivity contribution is 7.91. The second-order valence-electron chi connectivity index (χ2n) is 12.9. The molecule has 3 atom stereocenters. The average Bonchev–Trinajstić information content (AvgIpc) is 2.95. The number of amides is 1. The number of nitrogens with zero attached hydrogens (tertiary/aromatic N) is 1. The molecule has 1 aliphatic carbocycles. The first-order valence-electron chi connectivity index (χ1n) is 15.7. The number of carbonyl (C=O) groups is 1. The fraction of sp³-hybridized carbons (Fsp3) is 0.727. The van der Waals surface area contributed by atoms with Gasteiger partial charge in [0, 0.05) is 31.3 Å². The van der Waals surface area contributed by atoms with Crippen molar-refractivity contribution < 1.29 is 32.6 Å². The summed E-state index contributed by atoms with van der Waals surface area (Å²) in [5.41, 5.74) is 0.848. The van der Waals surface area contributed by atoms with Crippen LogP contribution in [0.4, 0.5) is 4.39 Å². The lowest BCUT2D eigenvalue weighted by Crippen LogP contribution is -2.56. The molecule has 2 bridgehead atoms. The number of phenolic OH excluding ortho intramolecular Hbond substituents is 1. The number of allylic oxidation sites excluding steroid dienone is 1. The van der Waals surface area contributed by atoms with Gasteiger partial charge in [0.25, 0.3) is 0 Å². The number of sulfone groups is 1. The lowest BCUT2D eigenvalue weighted by molar-refractivity contribution is -0.223. The van der Waals surface area contributed by atoms with Crippen molar-refractivity contribution in [1.29, 1.82) is 0 Å². The largest absolute Gasteiger partial charge is 0.505 e. The minimum absolute atomic E-state index is 0.00110. The number of aliphatic hydroxyl groups excluding tert-OH is 1. The van der Waals surface area contributed by atoms with Crippen molar-refractivity contribution in [2.45, 2.75) is 110 Å². The molecule has 1 amide bonds. The maximum atomic E-state index is 14.3. The summed E-state index contributed by atoms with van der Waals surface area (Å²) in [7, 11) is -1.29. The molecule has 0 aromatic heterocycles. The number of unbranched alkanes of at least 4 members (excludes halogenated alkanes) is 5. The number of benzene rings is 1. The molecule has 7 nitrogen and oxygen atoms in total. The van der Waals surface area contributed by atoms with Gasteiger partial charge in [0.2, 0.25) is 5.91 Å². The molecule has 3 rings (SSSR count). The fourth-order valence-electron chi connectivity index (χ4n) is 6.45. The molecule has 1 fully saturated rings. The van der Waals surface area contributed by atoms with Gasteiger partial charge in [-0.15, -0.1) is 0 Å². The van der Waals surface area contributed by atoms with Gasteiger partial charge in [-0.2, -0.15) is 0 Å². The zero-order chi connectivity index (χ0) is 31.0. The van der Waals surface area contributed by atoms with Crippen molar-refractivity contribution in [3.05, 3.63) is 41.2 Å². The van der Waals surface area contributed by atoms with Crippen LogP contribution >= 0.6 is 0 Å². The Morgan fingerprint density at radius 1 is 1.10 bits per heavy atom. The Labute approximate surface area is 252 Å². The smallest absolute Gasteiger partial charge is 0.222 e. The number of ether oxygens (including phenoxy) is 1. The van der Waals surface area contributed by atoms with Gasteiger partial charge in [-0.05, 0) is 82.9 Å². The Morgan fingerprint density at radius 3 is 2.43 bits per heavy atom. The van der Waals surface area contributed by atoms with E-state index in [4.69, 9.17) is 4.74 Å². The third-order valence-electron chi connectivity index (χ3n) is 9.55. The predicted molar refractivity (Wildman–Crippen MR) is 164 cm³/mol. The molecule has 0 saturated carbocycles. The normalized spacial score (nSPS) is 23.4. The van der Waals surface area contributed by atoms with Crippen LogP contribution in [0.3, 0.4) is 0 Å². The first kappa shape index (κ1) is 34.5. The fourth-order valence-corrected chi connectivity index (χ4v) is 7.95. The van der Waals surface area contributed by atoms with E-state index < -0.39 is 38.5 Å². The summed E-state index contributed by atoms with van der Waals surface area (Å²) >= 11 is 0. The van der Waals surface area contributed by atoms with Gasteiger partial charge in [0.1, 0.15) is 9.84 Å². The highest BCUT2D eigenvalue weighted by atomic mass is 32.2. The van der Waals surface area contributed by atoms with Gasteiger partial charge in [-0.25, -0.2) is 12.8 Å². The molecule has 2 aliphatic rings. The number of aromatic hydroxyl groups is 1. The third kappa shape index (κ3) is 8.79. The number of hydrogen-bond donors (Lipinski definition) is 2. The van der Waals surface area contributed by atoms with Crippen molar-refractivity contribution in [2.24, 2.45) is 11.3 Å². The zero-order valence-corrected chi connectivity index (χ0v) is 26.9. The molecule has 238 valence electrons. The van der Waals surface area contributed by atoms with E-state index in [2.05, 4.69) is 13.0 Å². The van der Waals surface area contributed by atoms with Crippen molar-refractivity contribution in [2.75, 3.05) is 31.7 Å². The molecule has 1 saturated heterocycles. The summed E-state index contributed by atoms with van der Waals surface area (Å²) in [5, 5.41) is 20.1. The van der Waals surface area contributed by atoms with Crippen LogP contribution in [-0.2, 0) is 19.4 Å². The number of carbonyl (C=O) groups excluding carboxylic acids is 1. The molecule has 0 radical (unpaired) electrons. The topological polar surface area (TPSA) is 104 Å². The molecular weight excluding hydrogens is 557 g/mol. The Kier molecular flexibility index (Phi) is 12.5. The average molecular weight is 610 g/mol. The van der Waals surface area contributed by atoms with Crippen LogP contribution in [0.1, 0.15) is 109 Å². The molecule has 42 heavy (non-hydrogen) atoms. The minimum atomic E-state index is -3.12. The van der Waals surface area contributed by atoms with E-state index in [1.165, 1.54) is 17.7 Å². The first-order valence-corrected chi connectivity index (χ1v) is 17.6. The molecule has 0 spiro atoms. The second kappa shape index (κ2) is 15.2. The first-order chi connectivity index (χ1) is 19.8. The number of fused-ring (bicyclic) bond motifs is 2. The lowest BCUT2D eigenvalue weighted by atomic mass is 9.58. The molecule has 1 aliphatic heterocycles. The van der Waals surface area contributed by atoms with Crippen molar-refractivity contribution in [3.8, 4) is 5.75 Å². The van der Waals surface area contributed by atoms with Crippen LogP contribution in [0, 0.1) is 17.2 Å². The Balaban J connectivity index is 1.46. The molecule has 1 aromatic carbocycles. The number of hydrogen-bond acceptors (Lipinski definition) is 6. The summed E-state index contributed by atoms with van der Waals surface area (Å²) < 4.78 is 46.0. The summed E-state index contributed by atoms with van der Waals surface area (Å²) in [6.45, 7) is 6.84. The quantitative estimate of drug-likeness (QED) is 0.155. The monoisotopic (exact) mass is 609 g/mol. The van der Waals surface area contributed by atoms with E-state index in [0.717, 1.165) is 57.9 Å². The minimum Gasteiger partial charge on any atom is -0.505 e. The molecule has 1 aromatic rings. The van der Waals surface area contributed by atoms with Crippen LogP contribution < -0.4 is 0 Å². The van der Waals surface area contributed by atoms with Gasteiger partial charge in [0.05, 0.1) is 29.8 Å². The van der Waals surface area contributed by atoms with Gasteiger partial charge in [0.15, 0.2) is 11.6 Å². The third-order valence-corrected chi connectivity index (χ3v) is 11.4. The Morgan fingerprint density at radius 2 is 1.79 bits per heavy atom. The van der Waals surface area contributed by atoms with Crippen molar-refractivity contribution >= 4 is 15.7 Å². The van der Waals surface area contributed by atoms with Crippen molar-refractivity contribution in [3.63, 3.8) is 0 Å². The summed E-state index contributed by atoms with van der Waals surface area (Å²) in [6, 6.07) is 4.39. The van der Waals surface area contributed by atoms with E-state index in [0.29, 0.717) is 31.2 Å². The van der Waals surface area contributed by atoms with E-state index >= 15 is 0 Å². The summed E-state index contributed by atoms with van der Waals surface area (Å²) in [6.07, 6.45) is 10.9. The van der Waals surface area contributed by atoms with Crippen LogP contribution in [0.25, 0.3) is 0 Å². The summed E-state index contributed by atoms with van der Waals surface area (Å²) in [5.74, 6) is -0.625. The van der Waals surface area contributed by atoms with Crippen molar-refractivity contribution in [1.82, 2.24) is 4.90 Å². The molecule has 3 unspecified atom stereocenters. The van der Waals surface area contributed by atoms with Gasteiger partial charge < -0.3 is 19.8 Å². The number of aliphatic hydroxyl groups is 1. The van der Waals surface area contributed by atoms with Crippen LogP contribution in [0.5, 0.6) is 5.75 Å². The Hall–Kier alpha value is -1.97. The van der Waals surface area contributed by atoms with Crippen LogP contribution in [0.2, 0.25) is 0 Å². The molecule has 2 N–H and O–H groups in total. The predicted octanol–water partition coefficient (Wildman–Crippen LogP) is 6.49. The molecule has 9 heteroatoms. The van der Waals surface area contributed by atoms with Gasteiger partial charge in [-0.1, -0.05) is 43.9 Å². The highest BCUT2D eigenvalue weighted by Crippen LogP contribution is 2.58. The highest BCUT2D eigenvalue weighted by Gasteiger charge is 2.55. The van der Waals surface area contributed by atoms with E-state index in [9.17, 15) is 27.8 Å². The standard InChI is InChI=1S/C33H52FNO6S/c1-5-6-19-35(4)30(38)14-10-8-12-21-42(39,40)20-11-7-9-13-25-17-18-33(24-36)23-27(25)31(41-32(33,2)3)26-15-16-29(37)28(34)22-26/h15-17,22,27,31,36-37H,5-14,18-21,23-24H2,1-4H3. The summed E-state index contributed by atoms with van der Waals surface area (Å²) in [4.78, 5) is 13.9. The second-order valence-corrected chi connectivity index (χ2v) is 15.2. The Bertz CT molecular complexity index is 1180. The van der Waals surface area contributed by atoms with E-state index in [-0.39, 0.29) is 29.9 Å². The maximum Gasteiger partial charge on any atom is 0.222 e. The van der Waals surface area contributed by atoms with Gasteiger partial charge >= 0.3 is 0 Å².